The summed E-state index contributed by atoms with van der Waals surface area (Å²) in [6.45, 7) is 0. The van der Waals surface area contributed by atoms with Crippen molar-refractivity contribution in [3.63, 3.8) is 0 Å². The summed E-state index contributed by atoms with van der Waals surface area (Å²) in [5.41, 5.74) is 1.63. The van der Waals surface area contributed by atoms with Crippen molar-refractivity contribution in [2.45, 2.75) is 6.42 Å². The van der Waals surface area contributed by atoms with Gasteiger partial charge in [0.25, 0.3) is 0 Å². The molecule has 0 fully saturated rings. The van der Waals surface area contributed by atoms with Crippen LogP contribution in [0.4, 0.5) is 0 Å². The molecule has 0 amide bonds. The number of rotatable bonds is 0. The van der Waals surface area contributed by atoms with Crippen LogP contribution in [0.5, 0.6) is 0 Å². The molecule has 0 spiro atoms. The zero-order chi connectivity index (χ0) is 3.98. The van der Waals surface area contributed by atoms with E-state index in [2.05, 4.69) is 18.2 Å². The Hall–Kier alpha value is -0.520. The summed E-state index contributed by atoms with van der Waals surface area (Å²) in [5.74, 6) is 0.824. The van der Waals surface area contributed by atoms with Gasteiger partial charge in [0.05, 0.1) is 0 Å². The average Bonchev–Trinajstić information content (AvgIpc) is 2.17. The summed E-state index contributed by atoms with van der Waals surface area (Å²) in [6, 6.07) is 0. The Balaban J connectivity index is 2.36. The molecule has 0 aromatic rings. The second-order valence-corrected chi connectivity index (χ2v) is 1.90. The third kappa shape index (κ3) is 0.162. The van der Waals surface area contributed by atoms with Gasteiger partial charge in [-0.15, -0.1) is 0 Å². The molecule has 1 unspecified atom stereocenters. The smallest absolute Gasteiger partial charge is 0.0164 e. The normalized spacial score (nSPS) is 36.0. The maximum atomic E-state index is 2.31. The summed E-state index contributed by atoms with van der Waals surface area (Å²) in [4.78, 5) is 0. The average molecular weight is 78.1 g/mol. The minimum Gasteiger partial charge on any atom is -0.0835 e. The first-order valence-electron chi connectivity index (χ1n) is 2.34. The maximum Gasteiger partial charge on any atom is 0.0164 e. The van der Waals surface area contributed by atoms with Crippen molar-refractivity contribution in [3.8, 4) is 0 Å². The quantitative estimate of drug-likeness (QED) is 0.385. The van der Waals surface area contributed by atoms with E-state index in [1.54, 1.807) is 5.57 Å². The second-order valence-electron chi connectivity index (χ2n) is 1.90. The van der Waals surface area contributed by atoms with E-state index in [0.29, 0.717) is 0 Å². The van der Waals surface area contributed by atoms with Crippen molar-refractivity contribution >= 4 is 0 Å². The highest BCUT2D eigenvalue weighted by Gasteiger charge is 2.23. The van der Waals surface area contributed by atoms with Crippen LogP contribution in [0.3, 0.4) is 0 Å². The van der Waals surface area contributed by atoms with Crippen LogP contribution >= 0.6 is 0 Å². The van der Waals surface area contributed by atoms with Crippen LogP contribution in [0.25, 0.3) is 0 Å². The summed E-state index contributed by atoms with van der Waals surface area (Å²) in [7, 11) is 0. The lowest BCUT2D eigenvalue weighted by Crippen LogP contribution is -1.57. The highest BCUT2D eigenvalue weighted by atomic mass is 14.3. The van der Waals surface area contributed by atoms with E-state index in [9.17, 15) is 0 Å². The Morgan fingerprint density at radius 2 is 2.67 bits per heavy atom. The van der Waals surface area contributed by atoms with E-state index < -0.39 is 0 Å². The van der Waals surface area contributed by atoms with E-state index in [-0.39, 0.29) is 0 Å². The van der Waals surface area contributed by atoms with Gasteiger partial charge >= 0.3 is 0 Å². The number of fused-ring (bicyclic) bond motifs is 1. The number of hydrogen-bond donors (Lipinski definition) is 0. The van der Waals surface area contributed by atoms with Crippen LogP contribution in [0.1, 0.15) is 6.42 Å². The summed E-state index contributed by atoms with van der Waals surface area (Å²) in [5, 5.41) is 0. The molecular weight excluding hydrogens is 72.1 g/mol. The second kappa shape index (κ2) is 0.604. The molecule has 0 aromatic carbocycles. The molecule has 0 bridgehead atoms. The Morgan fingerprint density at radius 1 is 1.67 bits per heavy atom. The van der Waals surface area contributed by atoms with Gasteiger partial charge in [0.1, 0.15) is 0 Å². The zero-order valence-corrected chi connectivity index (χ0v) is 3.52. The highest BCUT2D eigenvalue weighted by molar-refractivity contribution is 5.41. The first kappa shape index (κ1) is 2.62. The molecule has 0 aromatic heterocycles. The van der Waals surface area contributed by atoms with Crippen molar-refractivity contribution < 1.29 is 0 Å². The molecule has 30 valence electrons. The predicted octanol–water partition coefficient (Wildman–Crippen LogP) is 1.50. The Bertz CT molecular complexity index is 129. The molecule has 6 heavy (non-hydrogen) atoms. The van der Waals surface area contributed by atoms with Gasteiger partial charge in [-0.3, -0.25) is 0 Å². The van der Waals surface area contributed by atoms with E-state index in [0.717, 1.165) is 5.92 Å². The standard InChI is InChI=1S/C6H6/c1-2-5-4-6(5)3-1/h1-2,4-5H,3H2. The first-order chi connectivity index (χ1) is 2.97. The molecular formula is C6H6. The SMILES string of the molecule is C1=CC2C=C2C1. The summed E-state index contributed by atoms with van der Waals surface area (Å²) >= 11 is 0. The van der Waals surface area contributed by atoms with Crippen LogP contribution in [0, 0.1) is 5.92 Å². The van der Waals surface area contributed by atoms with E-state index in [1.807, 2.05) is 0 Å². The Morgan fingerprint density at radius 3 is 2.83 bits per heavy atom. The molecule has 0 aliphatic heterocycles. The van der Waals surface area contributed by atoms with Gasteiger partial charge < -0.3 is 0 Å². The summed E-state index contributed by atoms with van der Waals surface area (Å²) < 4.78 is 0. The maximum absolute atomic E-state index is 2.31. The molecule has 2 aliphatic carbocycles. The molecule has 1 atom stereocenters. The third-order valence-electron chi connectivity index (χ3n) is 1.41. The molecule has 0 N–H and O–H groups in total. The fraction of sp³-hybridized carbons (Fsp3) is 0.333. The third-order valence-corrected chi connectivity index (χ3v) is 1.41. The molecule has 2 rings (SSSR count). The number of hydrogen-bond acceptors (Lipinski definition) is 0. The minimum absolute atomic E-state index is 0.824. The van der Waals surface area contributed by atoms with Crippen LogP contribution in [-0.2, 0) is 0 Å². The minimum atomic E-state index is 0.824. The molecule has 0 radical (unpaired) electrons. The van der Waals surface area contributed by atoms with E-state index in [4.69, 9.17) is 0 Å². The largest absolute Gasteiger partial charge is 0.0835 e. The van der Waals surface area contributed by atoms with E-state index >= 15 is 0 Å². The van der Waals surface area contributed by atoms with Crippen molar-refractivity contribution in [2.24, 2.45) is 5.92 Å². The molecule has 2 aliphatic rings. The lowest BCUT2D eigenvalue weighted by atomic mass is 10.4. The molecule has 0 saturated heterocycles. The molecule has 0 saturated carbocycles. The monoisotopic (exact) mass is 78.0 g/mol. The van der Waals surface area contributed by atoms with Crippen LogP contribution in [0.15, 0.2) is 23.8 Å². The fourth-order valence-corrected chi connectivity index (χ4v) is 0.917. The first-order valence-corrected chi connectivity index (χ1v) is 2.34. The van der Waals surface area contributed by atoms with Gasteiger partial charge in [0, 0.05) is 5.92 Å². The fourth-order valence-electron chi connectivity index (χ4n) is 0.917. The van der Waals surface area contributed by atoms with Gasteiger partial charge in [-0.25, -0.2) is 0 Å². The zero-order valence-electron chi connectivity index (χ0n) is 3.52. The van der Waals surface area contributed by atoms with Gasteiger partial charge in [0.15, 0.2) is 0 Å². The van der Waals surface area contributed by atoms with Gasteiger partial charge in [-0.1, -0.05) is 23.8 Å². The highest BCUT2D eigenvalue weighted by Crippen LogP contribution is 2.38. The topological polar surface area (TPSA) is 0 Å². The summed E-state index contributed by atoms with van der Waals surface area (Å²) in [6.07, 6.45) is 8.04. The molecule has 0 heterocycles. The van der Waals surface area contributed by atoms with Gasteiger partial charge in [0.2, 0.25) is 0 Å². The van der Waals surface area contributed by atoms with Gasteiger partial charge in [-0.05, 0) is 6.42 Å². The van der Waals surface area contributed by atoms with Crippen molar-refractivity contribution in [1.82, 2.24) is 0 Å². The van der Waals surface area contributed by atoms with Crippen molar-refractivity contribution in [2.75, 3.05) is 0 Å². The lowest BCUT2D eigenvalue weighted by Gasteiger charge is -1.68. The molecule has 0 heteroatoms. The Labute approximate surface area is 37.2 Å². The molecule has 0 nitrogen and oxygen atoms in total. The van der Waals surface area contributed by atoms with Crippen molar-refractivity contribution in [3.05, 3.63) is 23.8 Å². The van der Waals surface area contributed by atoms with Crippen LogP contribution in [-0.4, -0.2) is 0 Å². The van der Waals surface area contributed by atoms with Crippen molar-refractivity contribution in [1.29, 1.82) is 0 Å². The van der Waals surface area contributed by atoms with Crippen LogP contribution < -0.4 is 0 Å². The predicted molar refractivity (Wildman–Crippen MR) is 25.3 cm³/mol. The van der Waals surface area contributed by atoms with Gasteiger partial charge in [-0.2, -0.15) is 0 Å². The number of allylic oxidation sites excluding steroid dienone is 4. The van der Waals surface area contributed by atoms with Crippen LogP contribution in [0.2, 0.25) is 0 Å². The van der Waals surface area contributed by atoms with E-state index in [1.165, 1.54) is 6.42 Å². The lowest BCUT2D eigenvalue weighted by molar-refractivity contribution is 1.20. The Kier molecular flexibility index (Phi) is 0.264.